The Hall–Kier alpha value is -0.600. The van der Waals surface area contributed by atoms with Crippen molar-refractivity contribution in [1.82, 2.24) is 9.88 Å². The average Bonchev–Trinajstić information content (AvgIpc) is 2.63. The fourth-order valence-electron chi connectivity index (χ4n) is 3.08. The van der Waals surface area contributed by atoms with Crippen LogP contribution >= 0.6 is 12.4 Å². The first kappa shape index (κ1) is 11.9. The van der Waals surface area contributed by atoms with Crippen LogP contribution in [-0.4, -0.2) is 23.0 Å². The predicted octanol–water partition coefficient (Wildman–Crippen LogP) is 3.05. The fraction of sp³-hybridized carbons (Fsp3) is 0.615. The maximum absolute atomic E-state index is 4.25. The van der Waals surface area contributed by atoms with Crippen molar-refractivity contribution in [3.63, 3.8) is 0 Å². The zero-order valence-electron chi connectivity index (χ0n) is 9.51. The van der Waals surface area contributed by atoms with E-state index >= 15 is 0 Å². The zero-order chi connectivity index (χ0) is 10.1. The van der Waals surface area contributed by atoms with E-state index in [0.717, 1.165) is 5.92 Å². The van der Waals surface area contributed by atoms with Crippen LogP contribution in [0, 0.1) is 5.92 Å². The van der Waals surface area contributed by atoms with Crippen LogP contribution < -0.4 is 0 Å². The van der Waals surface area contributed by atoms with Crippen LogP contribution in [0.4, 0.5) is 0 Å². The van der Waals surface area contributed by atoms with Gasteiger partial charge in [0.25, 0.3) is 0 Å². The molecule has 2 nitrogen and oxygen atoms in total. The van der Waals surface area contributed by atoms with Crippen LogP contribution in [0.3, 0.4) is 0 Å². The molecule has 88 valence electrons. The largest absolute Gasteiger partial charge is 0.296 e. The lowest BCUT2D eigenvalue weighted by atomic mass is 9.95. The summed E-state index contributed by atoms with van der Waals surface area (Å²) in [6, 6.07) is 4.94. The predicted molar refractivity (Wildman–Crippen MR) is 67.8 cm³/mol. The van der Waals surface area contributed by atoms with Crippen LogP contribution in [-0.2, 0) is 0 Å². The summed E-state index contributed by atoms with van der Waals surface area (Å²) < 4.78 is 0. The van der Waals surface area contributed by atoms with Gasteiger partial charge in [-0.25, -0.2) is 0 Å². The molecule has 0 N–H and O–H groups in total. The third kappa shape index (κ3) is 2.23. The number of nitrogens with zero attached hydrogens (tertiary/aromatic N) is 2. The Morgan fingerprint density at radius 1 is 1.12 bits per heavy atom. The lowest BCUT2D eigenvalue weighted by Crippen LogP contribution is -2.33. The molecule has 0 amide bonds. The molecule has 4 heterocycles. The SMILES string of the molecule is Cl.c1cncc([C@H]2CCC3CCN2CC3)c1. The van der Waals surface area contributed by atoms with E-state index in [9.17, 15) is 0 Å². The lowest BCUT2D eigenvalue weighted by molar-refractivity contribution is 0.170. The summed E-state index contributed by atoms with van der Waals surface area (Å²) in [5, 5.41) is 0. The Labute approximate surface area is 103 Å². The molecule has 0 aromatic carbocycles. The van der Waals surface area contributed by atoms with Crippen molar-refractivity contribution >= 4 is 12.4 Å². The summed E-state index contributed by atoms with van der Waals surface area (Å²) in [7, 11) is 0. The number of rotatable bonds is 1. The van der Waals surface area contributed by atoms with Crippen LogP contribution in [0.25, 0.3) is 0 Å². The molecular formula is C13H19ClN2. The molecule has 0 spiro atoms. The van der Waals surface area contributed by atoms with Gasteiger partial charge in [0.05, 0.1) is 0 Å². The second-order valence-corrected chi connectivity index (χ2v) is 4.86. The number of hydrogen-bond donors (Lipinski definition) is 0. The molecule has 1 aromatic rings. The van der Waals surface area contributed by atoms with Crippen LogP contribution in [0.1, 0.15) is 37.3 Å². The van der Waals surface area contributed by atoms with Crippen molar-refractivity contribution in [1.29, 1.82) is 0 Å². The van der Waals surface area contributed by atoms with Gasteiger partial charge in [-0.3, -0.25) is 9.88 Å². The second-order valence-electron chi connectivity index (χ2n) is 4.86. The number of hydrogen-bond acceptors (Lipinski definition) is 2. The molecule has 3 fully saturated rings. The van der Waals surface area contributed by atoms with E-state index < -0.39 is 0 Å². The van der Waals surface area contributed by atoms with E-state index in [2.05, 4.69) is 22.0 Å². The summed E-state index contributed by atoms with van der Waals surface area (Å²) in [6.45, 7) is 2.59. The highest BCUT2D eigenvalue weighted by Gasteiger charge is 2.30. The molecule has 3 saturated heterocycles. The summed E-state index contributed by atoms with van der Waals surface area (Å²) in [5.41, 5.74) is 1.42. The van der Waals surface area contributed by atoms with Gasteiger partial charge in [-0.1, -0.05) is 6.07 Å². The zero-order valence-corrected chi connectivity index (χ0v) is 10.3. The van der Waals surface area contributed by atoms with Gasteiger partial charge in [0.1, 0.15) is 0 Å². The van der Waals surface area contributed by atoms with E-state index in [1.807, 2.05) is 12.4 Å². The monoisotopic (exact) mass is 238 g/mol. The first-order valence-corrected chi connectivity index (χ1v) is 6.07. The third-order valence-corrected chi connectivity index (χ3v) is 4.01. The molecular weight excluding hydrogens is 220 g/mol. The Kier molecular flexibility index (Phi) is 3.82. The van der Waals surface area contributed by atoms with Gasteiger partial charge in [0.2, 0.25) is 0 Å². The third-order valence-electron chi connectivity index (χ3n) is 4.01. The maximum atomic E-state index is 4.25. The van der Waals surface area contributed by atoms with Crippen molar-refractivity contribution in [2.45, 2.75) is 31.7 Å². The van der Waals surface area contributed by atoms with E-state index in [4.69, 9.17) is 0 Å². The second kappa shape index (κ2) is 5.15. The fourth-order valence-corrected chi connectivity index (χ4v) is 3.08. The first-order valence-electron chi connectivity index (χ1n) is 6.07. The highest BCUT2D eigenvalue weighted by Crippen LogP contribution is 2.37. The van der Waals surface area contributed by atoms with Gasteiger partial charge < -0.3 is 0 Å². The van der Waals surface area contributed by atoms with Crippen molar-refractivity contribution < 1.29 is 0 Å². The van der Waals surface area contributed by atoms with Gasteiger partial charge >= 0.3 is 0 Å². The molecule has 3 aliphatic rings. The summed E-state index contributed by atoms with van der Waals surface area (Å²) in [5.74, 6) is 1.00. The molecule has 4 rings (SSSR count). The van der Waals surface area contributed by atoms with Crippen molar-refractivity contribution in [2.24, 2.45) is 5.92 Å². The lowest BCUT2D eigenvalue weighted by Gasteiger charge is -2.32. The van der Waals surface area contributed by atoms with E-state index in [0.29, 0.717) is 6.04 Å². The van der Waals surface area contributed by atoms with Crippen LogP contribution in [0.2, 0.25) is 0 Å². The van der Waals surface area contributed by atoms with Gasteiger partial charge in [-0.2, -0.15) is 0 Å². The minimum absolute atomic E-state index is 0. The molecule has 16 heavy (non-hydrogen) atoms. The normalized spacial score (nSPS) is 32.9. The molecule has 0 unspecified atom stereocenters. The molecule has 3 heteroatoms. The van der Waals surface area contributed by atoms with Gasteiger partial charge in [-0.05, 0) is 56.3 Å². The minimum atomic E-state index is 0. The molecule has 0 saturated carbocycles. The minimum Gasteiger partial charge on any atom is -0.296 e. The molecule has 2 bridgehead atoms. The molecule has 0 radical (unpaired) electrons. The summed E-state index contributed by atoms with van der Waals surface area (Å²) in [4.78, 5) is 6.90. The summed E-state index contributed by atoms with van der Waals surface area (Å²) in [6.07, 6.45) is 9.48. The Morgan fingerprint density at radius 2 is 1.94 bits per heavy atom. The number of piperidine rings is 1. The van der Waals surface area contributed by atoms with Crippen molar-refractivity contribution in [3.8, 4) is 0 Å². The topological polar surface area (TPSA) is 16.1 Å². The maximum Gasteiger partial charge on any atom is 0.0363 e. The smallest absolute Gasteiger partial charge is 0.0363 e. The number of halogens is 1. The average molecular weight is 239 g/mol. The van der Waals surface area contributed by atoms with Crippen LogP contribution in [0.5, 0.6) is 0 Å². The van der Waals surface area contributed by atoms with Crippen LogP contribution in [0.15, 0.2) is 24.5 Å². The Bertz CT molecular complexity index is 320. The Morgan fingerprint density at radius 3 is 2.62 bits per heavy atom. The quantitative estimate of drug-likeness (QED) is 0.748. The number of aromatic nitrogens is 1. The van der Waals surface area contributed by atoms with Crippen molar-refractivity contribution in [3.05, 3.63) is 30.1 Å². The molecule has 0 aliphatic carbocycles. The Balaban J connectivity index is 0.000000963. The van der Waals surface area contributed by atoms with E-state index in [1.165, 1.54) is 44.3 Å². The highest BCUT2D eigenvalue weighted by molar-refractivity contribution is 5.85. The van der Waals surface area contributed by atoms with Crippen molar-refractivity contribution in [2.75, 3.05) is 13.1 Å². The molecule has 3 aliphatic heterocycles. The number of pyridine rings is 1. The van der Waals surface area contributed by atoms with Gasteiger partial charge in [0, 0.05) is 18.4 Å². The van der Waals surface area contributed by atoms with Gasteiger partial charge in [-0.15, -0.1) is 12.4 Å². The standard InChI is InChI=1S/C13H18N2.ClH/c1-2-12(10-14-7-1)13-4-3-11-5-8-15(13)9-6-11;/h1-2,7,10-11,13H,3-6,8-9H2;1H/t13-;/m1./s1. The molecule has 1 atom stereocenters. The van der Waals surface area contributed by atoms with E-state index in [-0.39, 0.29) is 12.4 Å². The summed E-state index contributed by atoms with van der Waals surface area (Å²) >= 11 is 0. The first-order chi connectivity index (χ1) is 7.43. The van der Waals surface area contributed by atoms with Gasteiger partial charge in [0.15, 0.2) is 0 Å². The van der Waals surface area contributed by atoms with E-state index in [1.54, 1.807) is 0 Å². The highest BCUT2D eigenvalue weighted by atomic mass is 35.5. The number of fused-ring (bicyclic) bond motifs is 4. The molecule has 1 aromatic heterocycles.